The van der Waals surface area contributed by atoms with Crippen LogP contribution >= 0.6 is 0 Å². The molecular weight excluding hydrogens is 234 g/mol. The number of carbonyl (C=O) groups is 2. The summed E-state index contributed by atoms with van der Waals surface area (Å²) in [6.45, 7) is 1.40. The zero-order valence-corrected chi connectivity index (χ0v) is 10.2. The van der Waals surface area contributed by atoms with Crippen LogP contribution in [0.2, 0.25) is 0 Å². The summed E-state index contributed by atoms with van der Waals surface area (Å²) >= 11 is 0. The Morgan fingerprint density at radius 1 is 1.33 bits per heavy atom. The lowest BCUT2D eigenvalue weighted by molar-refractivity contribution is -0.140. The molecule has 0 saturated heterocycles. The smallest absolute Gasteiger partial charge is 0.325 e. The molecule has 2 N–H and O–H groups in total. The normalized spacial score (nSPS) is 12.1. The molecule has 0 radical (unpaired) electrons. The van der Waals surface area contributed by atoms with Gasteiger partial charge in [0, 0.05) is 6.08 Å². The summed E-state index contributed by atoms with van der Waals surface area (Å²) in [6, 6.07) is 6.24. The third kappa shape index (κ3) is 4.29. The number of hydrogen-bond acceptors (Lipinski definition) is 3. The summed E-state index contributed by atoms with van der Waals surface area (Å²) in [7, 11) is 1.57. The molecule has 0 heterocycles. The van der Waals surface area contributed by atoms with E-state index in [0.29, 0.717) is 0 Å². The molecule has 0 aliphatic heterocycles. The molecule has 1 aromatic carbocycles. The second-order valence-electron chi connectivity index (χ2n) is 3.68. The molecular formula is C13H15NO4. The van der Waals surface area contributed by atoms with Crippen LogP contribution in [-0.4, -0.2) is 30.1 Å². The molecule has 0 aromatic heterocycles. The van der Waals surface area contributed by atoms with E-state index in [1.807, 2.05) is 0 Å². The highest BCUT2D eigenvalue weighted by Crippen LogP contribution is 2.12. The molecule has 0 unspecified atom stereocenters. The summed E-state index contributed by atoms with van der Waals surface area (Å²) in [5, 5.41) is 10.9. The van der Waals surface area contributed by atoms with Gasteiger partial charge in [0.05, 0.1) is 7.11 Å². The van der Waals surface area contributed by atoms with E-state index in [2.05, 4.69) is 5.32 Å². The van der Waals surface area contributed by atoms with Crippen LogP contribution in [0.5, 0.6) is 5.75 Å². The molecule has 0 fully saturated rings. The van der Waals surface area contributed by atoms with Crippen LogP contribution in [0.4, 0.5) is 0 Å². The van der Waals surface area contributed by atoms with E-state index in [1.165, 1.54) is 13.0 Å². The third-order valence-electron chi connectivity index (χ3n) is 2.27. The molecule has 0 spiro atoms. The van der Waals surface area contributed by atoms with Gasteiger partial charge in [-0.1, -0.05) is 12.1 Å². The van der Waals surface area contributed by atoms with Gasteiger partial charge in [0.25, 0.3) is 0 Å². The van der Waals surface area contributed by atoms with Crippen molar-refractivity contribution in [2.75, 3.05) is 7.11 Å². The van der Waals surface area contributed by atoms with Gasteiger partial charge in [0.1, 0.15) is 11.8 Å². The fraction of sp³-hybridized carbons (Fsp3) is 0.231. The van der Waals surface area contributed by atoms with E-state index in [9.17, 15) is 9.59 Å². The Labute approximate surface area is 105 Å². The molecule has 1 atom stereocenters. The lowest BCUT2D eigenvalue weighted by Crippen LogP contribution is -2.37. The maximum atomic E-state index is 11.4. The first-order chi connectivity index (χ1) is 8.52. The SMILES string of the molecule is COc1ccc(/C=C/C(=O)N[C@H](C)C(=O)O)cc1. The Morgan fingerprint density at radius 2 is 1.94 bits per heavy atom. The quantitative estimate of drug-likeness (QED) is 0.771. The van der Waals surface area contributed by atoms with E-state index < -0.39 is 17.9 Å². The highest BCUT2D eigenvalue weighted by molar-refractivity contribution is 5.94. The number of rotatable bonds is 5. The molecule has 5 heteroatoms. The number of ether oxygens (including phenoxy) is 1. The molecule has 0 aliphatic carbocycles. The summed E-state index contributed by atoms with van der Waals surface area (Å²) in [6.07, 6.45) is 2.89. The Morgan fingerprint density at radius 3 is 2.44 bits per heavy atom. The summed E-state index contributed by atoms with van der Waals surface area (Å²) in [5.74, 6) is -0.780. The van der Waals surface area contributed by atoms with Gasteiger partial charge in [-0.2, -0.15) is 0 Å². The number of methoxy groups -OCH3 is 1. The molecule has 1 rings (SSSR count). The highest BCUT2D eigenvalue weighted by atomic mass is 16.5. The molecule has 0 bridgehead atoms. The van der Waals surface area contributed by atoms with Crippen molar-refractivity contribution in [3.8, 4) is 5.75 Å². The van der Waals surface area contributed by atoms with Crippen molar-refractivity contribution in [1.82, 2.24) is 5.32 Å². The van der Waals surface area contributed by atoms with Gasteiger partial charge in [-0.15, -0.1) is 0 Å². The molecule has 0 saturated carbocycles. The monoisotopic (exact) mass is 249 g/mol. The van der Waals surface area contributed by atoms with Crippen molar-refractivity contribution in [2.45, 2.75) is 13.0 Å². The average molecular weight is 249 g/mol. The van der Waals surface area contributed by atoms with E-state index in [0.717, 1.165) is 11.3 Å². The van der Waals surface area contributed by atoms with Crippen molar-refractivity contribution in [3.63, 3.8) is 0 Å². The van der Waals surface area contributed by atoms with Crippen LogP contribution < -0.4 is 10.1 Å². The van der Waals surface area contributed by atoms with Crippen molar-refractivity contribution >= 4 is 18.0 Å². The van der Waals surface area contributed by atoms with Gasteiger partial charge in [-0.3, -0.25) is 9.59 Å². The predicted molar refractivity (Wildman–Crippen MR) is 67.3 cm³/mol. The van der Waals surface area contributed by atoms with Crippen molar-refractivity contribution < 1.29 is 19.4 Å². The zero-order chi connectivity index (χ0) is 13.5. The number of carboxylic acids is 1. The summed E-state index contributed by atoms with van der Waals surface area (Å²) in [5.41, 5.74) is 0.828. The summed E-state index contributed by atoms with van der Waals surface area (Å²) < 4.78 is 5.01. The van der Waals surface area contributed by atoms with Crippen LogP contribution in [0.3, 0.4) is 0 Å². The third-order valence-corrected chi connectivity index (χ3v) is 2.27. The Kier molecular flexibility index (Phi) is 4.92. The highest BCUT2D eigenvalue weighted by Gasteiger charge is 2.11. The van der Waals surface area contributed by atoms with Crippen LogP contribution in [0, 0.1) is 0 Å². The van der Waals surface area contributed by atoms with E-state index in [1.54, 1.807) is 37.5 Å². The van der Waals surface area contributed by atoms with Crippen LogP contribution in [0.25, 0.3) is 6.08 Å². The van der Waals surface area contributed by atoms with Gasteiger partial charge in [0.15, 0.2) is 0 Å². The number of nitrogens with one attached hydrogen (secondary N) is 1. The largest absolute Gasteiger partial charge is 0.497 e. The molecule has 1 aromatic rings. The molecule has 1 amide bonds. The van der Waals surface area contributed by atoms with Gasteiger partial charge < -0.3 is 15.2 Å². The Bertz CT molecular complexity index is 451. The Hall–Kier alpha value is -2.30. The lowest BCUT2D eigenvalue weighted by Gasteiger charge is -2.05. The minimum absolute atomic E-state index is 0.444. The second-order valence-corrected chi connectivity index (χ2v) is 3.68. The molecule has 18 heavy (non-hydrogen) atoms. The minimum Gasteiger partial charge on any atom is -0.497 e. The van der Waals surface area contributed by atoms with E-state index in [4.69, 9.17) is 9.84 Å². The van der Waals surface area contributed by atoms with Crippen molar-refractivity contribution in [2.24, 2.45) is 0 Å². The number of amides is 1. The van der Waals surface area contributed by atoms with Crippen molar-refractivity contribution in [3.05, 3.63) is 35.9 Å². The first-order valence-corrected chi connectivity index (χ1v) is 5.38. The first-order valence-electron chi connectivity index (χ1n) is 5.38. The molecule has 0 aliphatic rings. The fourth-order valence-electron chi connectivity index (χ4n) is 1.21. The predicted octanol–water partition coefficient (Wildman–Crippen LogP) is 1.30. The van der Waals surface area contributed by atoms with E-state index in [-0.39, 0.29) is 0 Å². The average Bonchev–Trinajstić information content (AvgIpc) is 2.36. The number of benzene rings is 1. The van der Waals surface area contributed by atoms with Crippen LogP contribution in [0.15, 0.2) is 30.3 Å². The number of hydrogen-bond donors (Lipinski definition) is 2. The van der Waals surface area contributed by atoms with Crippen LogP contribution in [-0.2, 0) is 9.59 Å². The lowest BCUT2D eigenvalue weighted by atomic mass is 10.2. The van der Waals surface area contributed by atoms with E-state index >= 15 is 0 Å². The maximum Gasteiger partial charge on any atom is 0.325 e. The zero-order valence-electron chi connectivity index (χ0n) is 10.2. The van der Waals surface area contributed by atoms with Gasteiger partial charge in [0.2, 0.25) is 5.91 Å². The number of carboxylic acid groups (broad SMARTS) is 1. The summed E-state index contributed by atoms with van der Waals surface area (Å²) in [4.78, 5) is 21.9. The second kappa shape index (κ2) is 6.44. The minimum atomic E-state index is -1.07. The maximum absolute atomic E-state index is 11.4. The van der Waals surface area contributed by atoms with Gasteiger partial charge in [-0.25, -0.2) is 0 Å². The topological polar surface area (TPSA) is 75.6 Å². The molecule has 5 nitrogen and oxygen atoms in total. The first kappa shape index (κ1) is 13.8. The van der Waals surface area contributed by atoms with Crippen LogP contribution in [0.1, 0.15) is 12.5 Å². The Balaban J connectivity index is 2.57. The fourth-order valence-corrected chi connectivity index (χ4v) is 1.21. The van der Waals surface area contributed by atoms with Gasteiger partial charge in [-0.05, 0) is 30.7 Å². The van der Waals surface area contributed by atoms with Gasteiger partial charge >= 0.3 is 5.97 Å². The number of carbonyl (C=O) groups excluding carboxylic acids is 1. The molecule has 96 valence electrons. The van der Waals surface area contributed by atoms with Crippen molar-refractivity contribution in [1.29, 1.82) is 0 Å². The standard InChI is InChI=1S/C13H15NO4/c1-9(13(16)17)14-12(15)8-5-10-3-6-11(18-2)7-4-10/h3-9H,1-2H3,(H,14,15)(H,16,17)/b8-5+/t9-/m1/s1. The number of aliphatic carboxylic acids is 1.